The molecule has 0 atom stereocenters. The van der Waals surface area contributed by atoms with Gasteiger partial charge < -0.3 is 10.1 Å². The summed E-state index contributed by atoms with van der Waals surface area (Å²) in [5.74, 6) is 0. The van der Waals surface area contributed by atoms with Crippen molar-refractivity contribution in [1.82, 2.24) is 5.32 Å². The number of thiophene rings is 1. The van der Waals surface area contributed by atoms with Crippen LogP contribution < -0.4 is 5.32 Å². The van der Waals surface area contributed by atoms with E-state index < -0.39 is 0 Å². The first-order chi connectivity index (χ1) is 8.24. The van der Waals surface area contributed by atoms with Crippen molar-refractivity contribution in [2.24, 2.45) is 0 Å². The number of hydrogen-bond donors (Lipinski definition) is 1. The van der Waals surface area contributed by atoms with Crippen molar-refractivity contribution >= 4 is 16.3 Å². The average molecular weight is 258 g/mol. The van der Waals surface area contributed by atoms with Crippen LogP contribution in [0.3, 0.4) is 0 Å². The van der Waals surface area contributed by atoms with Crippen LogP contribution in [-0.4, -0.2) is 24.7 Å². The second-order valence-electron chi connectivity index (χ2n) is 3.64. The molecule has 1 rings (SSSR count). The zero-order valence-corrected chi connectivity index (χ0v) is 10.8. The number of nitrogens with one attached hydrogen (secondary N) is 1. The Hall–Kier alpha value is -0.980. The van der Waals surface area contributed by atoms with Gasteiger partial charge in [-0.15, -0.1) is 0 Å². The van der Waals surface area contributed by atoms with Gasteiger partial charge in [-0.3, -0.25) is 10.1 Å². The van der Waals surface area contributed by atoms with Crippen LogP contribution in [0.1, 0.15) is 24.6 Å². The Labute approximate surface area is 105 Å². The predicted molar refractivity (Wildman–Crippen MR) is 68.4 cm³/mol. The number of ether oxygens (including phenoxy) is 1. The Bertz CT molecular complexity index is 341. The summed E-state index contributed by atoms with van der Waals surface area (Å²) < 4.78 is 5.34. The highest BCUT2D eigenvalue weighted by Gasteiger charge is 2.08. The Morgan fingerprint density at radius 1 is 1.47 bits per heavy atom. The summed E-state index contributed by atoms with van der Waals surface area (Å²) >= 11 is 1.22. The highest BCUT2D eigenvalue weighted by atomic mass is 32.1. The third kappa shape index (κ3) is 5.76. The van der Waals surface area contributed by atoms with E-state index in [4.69, 9.17) is 4.74 Å². The van der Waals surface area contributed by atoms with Gasteiger partial charge in [0.2, 0.25) is 0 Å². The molecule has 0 saturated carbocycles. The zero-order chi connectivity index (χ0) is 12.5. The predicted octanol–water partition coefficient (Wildman–Crippen LogP) is 2.56. The molecular weight excluding hydrogens is 240 g/mol. The Morgan fingerprint density at radius 3 is 2.94 bits per heavy atom. The van der Waals surface area contributed by atoms with E-state index in [2.05, 4.69) is 12.2 Å². The van der Waals surface area contributed by atoms with Gasteiger partial charge in [-0.1, -0.05) is 18.3 Å². The van der Waals surface area contributed by atoms with E-state index in [0.29, 0.717) is 6.54 Å². The van der Waals surface area contributed by atoms with E-state index in [1.807, 2.05) is 0 Å². The largest absolute Gasteiger partial charge is 0.381 e. The zero-order valence-electron chi connectivity index (χ0n) is 9.98. The van der Waals surface area contributed by atoms with Gasteiger partial charge in [-0.25, -0.2) is 0 Å². The Morgan fingerprint density at radius 2 is 2.29 bits per heavy atom. The second-order valence-corrected chi connectivity index (χ2v) is 4.79. The maximum absolute atomic E-state index is 10.5. The molecule has 1 heterocycles. The molecule has 0 spiro atoms. The molecule has 6 heteroatoms. The summed E-state index contributed by atoms with van der Waals surface area (Å²) in [5, 5.41) is 13.9. The topological polar surface area (TPSA) is 64.4 Å². The van der Waals surface area contributed by atoms with Gasteiger partial charge in [0.15, 0.2) is 0 Å². The summed E-state index contributed by atoms with van der Waals surface area (Å²) in [4.78, 5) is 11.1. The van der Waals surface area contributed by atoms with Crippen LogP contribution >= 0.6 is 11.3 Å². The van der Waals surface area contributed by atoms with Crippen molar-refractivity contribution in [3.8, 4) is 0 Å². The first-order valence-electron chi connectivity index (χ1n) is 5.75. The molecule has 0 aliphatic carbocycles. The number of nitro groups is 1. The summed E-state index contributed by atoms with van der Waals surface area (Å²) in [6.45, 7) is 5.23. The van der Waals surface area contributed by atoms with E-state index in [1.165, 1.54) is 11.3 Å². The van der Waals surface area contributed by atoms with Crippen LogP contribution in [0.5, 0.6) is 0 Å². The minimum Gasteiger partial charge on any atom is -0.381 e. The summed E-state index contributed by atoms with van der Waals surface area (Å²) in [5.41, 5.74) is 0. The fraction of sp³-hybridized carbons (Fsp3) is 0.636. The molecule has 1 N–H and O–H groups in total. The van der Waals surface area contributed by atoms with Crippen molar-refractivity contribution in [3.63, 3.8) is 0 Å². The quantitative estimate of drug-likeness (QED) is 0.420. The van der Waals surface area contributed by atoms with Gasteiger partial charge in [0, 0.05) is 30.7 Å². The van der Waals surface area contributed by atoms with Crippen molar-refractivity contribution in [1.29, 1.82) is 0 Å². The first kappa shape index (κ1) is 14.1. The molecule has 17 heavy (non-hydrogen) atoms. The van der Waals surface area contributed by atoms with E-state index in [-0.39, 0.29) is 9.92 Å². The molecular formula is C11H18N2O3S. The minimum atomic E-state index is -0.354. The molecule has 1 aromatic heterocycles. The van der Waals surface area contributed by atoms with Crippen LogP contribution in [0, 0.1) is 10.1 Å². The SMILES string of the molecule is CCCOCCCNCc1ccc([N+](=O)[O-])s1. The third-order valence-corrected chi connectivity index (χ3v) is 3.15. The molecule has 0 bridgehead atoms. The molecule has 1 aromatic rings. The average Bonchev–Trinajstić information content (AvgIpc) is 2.77. The molecule has 96 valence electrons. The smallest absolute Gasteiger partial charge is 0.324 e. The molecule has 0 unspecified atom stereocenters. The van der Waals surface area contributed by atoms with Gasteiger partial charge in [-0.05, 0) is 25.5 Å². The van der Waals surface area contributed by atoms with Crippen molar-refractivity contribution in [2.75, 3.05) is 19.8 Å². The van der Waals surface area contributed by atoms with Gasteiger partial charge in [0.1, 0.15) is 0 Å². The molecule has 0 aromatic carbocycles. The monoisotopic (exact) mass is 258 g/mol. The van der Waals surface area contributed by atoms with Crippen LogP contribution in [-0.2, 0) is 11.3 Å². The Kier molecular flexibility index (Phi) is 6.76. The number of hydrogen-bond acceptors (Lipinski definition) is 5. The van der Waals surface area contributed by atoms with Crippen LogP contribution in [0.25, 0.3) is 0 Å². The molecule has 0 saturated heterocycles. The highest BCUT2D eigenvalue weighted by Crippen LogP contribution is 2.23. The van der Waals surface area contributed by atoms with E-state index >= 15 is 0 Å². The van der Waals surface area contributed by atoms with E-state index in [0.717, 1.165) is 37.5 Å². The van der Waals surface area contributed by atoms with Gasteiger partial charge in [0.25, 0.3) is 0 Å². The second kappa shape index (κ2) is 8.16. The normalized spacial score (nSPS) is 10.6. The molecule has 0 fully saturated rings. The first-order valence-corrected chi connectivity index (χ1v) is 6.57. The van der Waals surface area contributed by atoms with Crippen molar-refractivity contribution in [2.45, 2.75) is 26.3 Å². The molecule has 0 aliphatic heterocycles. The molecule has 0 radical (unpaired) electrons. The number of nitrogens with zero attached hydrogens (tertiary/aromatic N) is 1. The van der Waals surface area contributed by atoms with Gasteiger partial charge in [-0.2, -0.15) is 0 Å². The van der Waals surface area contributed by atoms with Crippen LogP contribution in [0.15, 0.2) is 12.1 Å². The standard InChI is InChI=1S/C11H18N2O3S/c1-2-7-16-8-3-6-12-9-10-4-5-11(17-10)13(14)15/h4-5,12H,2-3,6-9H2,1H3. The van der Waals surface area contributed by atoms with Crippen molar-refractivity contribution in [3.05, 3.63) is 27.1 Å². The lowest BCUT2D eigenvalue weighted by molar-refractivity contribution is -0.380. The Balaban J connectivity index is 2.07. The lowest BCUT2D eigenvalue weighted by Gasteiger charge is -2.03. The molecule has 5 nitrogen and oxygen atoms in total. The maximum Gasteiger partial charge on any atom is 0.324 e. The summed E-state index contributed by atoms with van der Waals surface area (Å²) in [6, 6.07) is 3.34. The fourth-order valence-electron chi connectivity index (χ4n) is 1.32. The summed E-state index contributed by atoms with van der Waals surface area (Å²) in [7, 11) is 0. The van der Waals surface area contributed by atoms with E-state index in [1.54, 1.807) is 12.1 Å². The summed E-state index contributed by atoms with van der Waals surface area (Å²) in [6.07, 6.45) is 2.01. The minimum absolute atomic E-state index is 0.202. The van der Waals surface area contributed by atoms with Gasteiger partial charge >= 0.3 is 5.00 Å². The molecule has 0 amide bonds. The highest BCUT2D eigenvalue weighted by molar-refractivity contribution is 7.15. The van der Waals surface area contributed by atoms with Crippen LogP contribution in [0.4, 0.5) is 5.00 Å². The number of rotatable bonds is 9. The lowest BCUT2D eigenvalue weighted by atomic mass is 10.4. The van der Waals surface area contributed by atoms with Gasteiger partial charge in [0.05, 0.1) is 4.92 Å². The maximum atomic E-state index is 10.5. The third-order valence-electron chi connectivity index (χ3n) is 2.12. The van der Waals surface area contributed by atoms with Crippen molar-refractivity contribution < 1.29 is 9.66 Å². The molecule has 0 aliphatic rings. The van der Waals surface area contributed by atoms with E-state index in [9.17, 15) is 10.1 Å². The van der Waals surface area contributed by atoms with Crippen LogP contribution in [0.2, 0.25) is 0 Å². The fourth-order valence-corrected chi connectivity index (χ4v) is 2.11. The lowest BCUT2D eigenvalue weighted by Crippen LogP contribution is -2.15.